The summed E-state index contributed by atoms with van der Waals surface area (Å²) >= 11 is 5.32. The van der Waals surface area contributed by atoms with Gasteiger partial charge in [-0.25, -0.2) is 0 Å². The number of hydrogen-bond donors (Lipinski definition) is 1. The number of alkyl halides is 1. The summed E-state index contributed by atoms with van der Waals surface area (Å²) in [5.41, 5.74) is 5.55. The molecule has 0 aliphatic heterocycles. The predicted octanol–water partition coefficient (Wildman–Crippen LogP) is 1.59. The van der Waals surface area contributed by atoms with Gasteiger partial charge in [0.1, 0.15) is 0 Å². The molecule has 2 atom stereocenters. The molecule has 0 aromatic carbocycles. The van der Waals surface area contributed by atoms with E-state index in [1.165, 1.54) is 0 Å². The Hall–Kier alpha value is 0.210. The molecule has 2 nitrogen and oxygen atoms in total. The number of ketones is 1. The molecular weight excluding hydrogens is 185 g/mol. The van der Waals surface area contributed by atoms with Crippen LogP contribution in [0.1, 0.15) is 20.3 Å². The first-order chi connectivity index (χ1) is 4.63. The largest absolute Gasteiger partial charge is 0.321 e. The van der Waals surface area contributed by atoms with E-state index >= 15 is 0 Å². The second-order valence-corrected chi connectivity index (χ2v) is 2.78. The topological polar surface area (TPSA) is 43.1 Å². The standard InChI is InChI=1S/C7H14ClNO.ClH/c1-3-5(2)7(9)6(10)4-8;/h5,7H,3-4,9H2,1-2H3;1H/t5-,7-;/m0./s1. The van der Waals surface area contributed by atoms with Gasteiger partial charge in [0.05, 0.1) is 11.9 Å². The molecule has 0 radical (unpaired) electrons. The van der Waals surface area contributed by atoms with E-state index in [9.17, 15) is 4.79 Å². The zero-order valence-electron chi connectivity index (χ0n) is 6.84. The van der Waals surface area contributed by atoms with Gasteiger partial charge in [0.2, 0.25) is 0 Å². The summed E-state index contributed by atoms with van der Waals surface area (Å²) in [5.74, 6) is 0.216. The molecule has 0 amide bonds. The zero-order chi connectivity index (χ0) is 8.15. The molecule has 0 saturated carbocycles. The maximum atomic E-state index is 10.9. The lowest BCUT2D eigenvalue weighted by Crippen LogP contribution is -2.37. The van der Waals surface area contributed by atoms with Gasteiger partial charge in [-0.2, -0.15) is 0 Å². The van der Waals surface area contributed by atoms with Crippen molar-refractivity contribution in [2.45, 2.75) is 26.3 Å². The van der Waals surface area contributed by atoms with Crippen LogP contribution in [0, 0.1) is 5.92 Å². The third-order valence-electron chi connectivity index (χ3n) is 1.76. The summed E-state index contributed by atoms with van der Waals surface area (Å²) in [7, 11) is 0. The molecule has 0 aromatic rings. The van der Waals surface area contributed by atoms with Gasteiger partial charge >= 0.3 is 0 Å². The van der Waals surface area contributed by atoms with Crippen molar-refractivity contribution in [1.29, 1.82) is 0 Å². The number of Topliss-reactive ketones (excluding diaryl/α,β-unsaturated/α-hetero) is 1. The van der Waals surface area contributed by atoms with Gasteiger partial charge in [-0.3, -0.25) is 4.79 Å². The average Bonchev–Trinajstić information content (AvgIpc) is 2.00. The van der Waals surface area contributed by atoms with Gasteiger partial charge in [0, 0.05) is 0 Å². The van der Waals surface area contributed by atoms with Gasteiger partial charge in [-0.05, 0) is 5.92 Å². The lowest BCUT2D eigenvalue weighted by molar-refractivity contribution is -0.118. The third kappa shape index (κ3) is 4.62. The molecule has 0 saturated heterocycles. The Morgan fingerprint density at radius 3 is 2.36 bits per heavy atom. The molecule has 0 bridgehead atoms. The number of carbonyl (C=O) groups excluding carboxylic acids is 1. The predicted molar refractivity (Wildman–Crippen MR) is 50.4 cm³/mol. The van der Waals surface area contributed by atoms with Crippen molar-refractivity contribution in [2.75, 3.05) is 5.88 Å². The zero-order valence-corrected chi connectivity index (χ0v) is 8.41. The Balaban J connectivity index is 0. The first kappa shape index (κ1) is 13.8. The van der Waals surface area contributed by atoms with Gasteiger partial charge in [0.15, 0.2) is 5.78 Å². The average molecular weight is 200 g/mol. The Labute approximate surface area is 78.9 Å². The summed E-state index contributed by atoms with van der Waals surface area (Å²) in [6.07, 6.45) is 0.920. The van der Waals surface area contributed by atoms with Crippen LogP contribution in [-0.2, 0) is 4.79 Å². The molecule has 0 aliphatic carbocycles. The SMILES string of the molecule is CC[C@H](C)[C@H](N)C(=O)CCl.Cl. The minimum atomic E-state index is -0.373. The number of hydrogen-bond acceptors (Lipinski definition) is 2. The van der Waals surface area contributed by atoms with E-state index in [1.54, 1.807) is 0 Å². The van der Waals surface area contributed by atoms with Crippen molar-refractivity contribution in [1.82, 2.24) is 0 Å². The van der Waals surface area contributed by atoms with Crippen LogP contribution in [-0.4, -0.2) is 17.7 Å². The van der Waals surface area contributed by atoms with E-state index < -0.39 is 0 Å². The van der Waals surface area contributed by atoms with E-state index in [0.29, 0.717) is 0 Å². The van der Waals surface area contributed by atoms with Crippen LogP contribution in [0.5, 0.6) is 0 Å². The fourth-order valence-electron chi connectivity index (χ4n) is 0.660. The monoisotopic (exact) mass is 199 g/mol. The molecule has 0 spiro atoms. The summed E-state index contributed by atoms with van der Waals surface area (Å²) < 4.78 is 0. The maximum absolute atomic E-state index is 10.9. The second kappa shape index (κ2) is 6.89. The van der Waals surface area contributed by atoms with Crippen molar-refractivity contribution >= 4 is 29.8 Å². The highest BCUT2D eigenvalue weighted by Gasteiger charge is 2.17. The Morgan fingerprint density at radius 1 is 1.64 bits per heavy atom. The molecule has 68 valence electrons. The van der Waals surface area contributed by atoms with Crippen molar-refractivity contribution in [3.8, 4) is 0 Å². The first-order valence-corrected chi connectivity index (χ1v) is 4.01. The Morgan fingerprint density at radius 2 is 2.09 bits per heavy atom. The van der Waals surface area contributed by atoms with Gasteiger partial charge in [-0.15, -0.1) is 24.0 Å². The van der Waals surface area contributed by atoms with Crippen LogP contribution in [0.3, 0.4) is 0 Å². The highest BCUT2D eigenvalue weighted by molar-refractivity contribution is 6.28. The minimum Gasteiger partial charge on any atom is -0.321 e. The molecule has 0 rings (SSSR count). The van der Waals surface area contributed by atoms with Gasteiger partial charge in [-0.1, -0.05) is 20.3 Å². The van der Waals surface area contributed by atoms with Crippen LogP contribution in [0.25, 0.3) is 0 Å². The van der Waals surface area contributed by atoms with E-state index in [0.717, 1.165) is 6.42 Å². The van der Waals surface area contributed by atoms with E-state index in [4.69, 9.17) is 17.3 Å². The second-order valence-electron chi connectivity index (χ2n) is 2.51. The first-order valence-electron chi connectivity index (χ1n) is 3.47. The van der Waals surface area contributed by atoms with Crippen molar-refractivity contribution in [2.24, 2.45) is 11.7 Å². The highest BCUT2D eigenvalue weighted by atomic mass is 35.5. The van der Waals surface area contributed by atoms with Crippen molar-refractivity contribution in [3.63, 3.8) is 0 Å². The smallest absolute Gasteiger partial charge is 0.164 e. The molecule has 0 heterocycles. The third-order valence-corrected chi connectivity index (χ3v) is 2.02. The minimum absolute atomic E-state index is 0. The fourth-order valence-corrected chi connectivity index (χ4v) is 0.839. The van der Waals surface area contributed by atoms with Crippen LogP contribution in [0.15, 0.2) is 0 Å². The molecule has 2 N–H and O–H groups in total. The quantitative estimate of drug-likeness (QED) is 0.700. The summed E-state index contributed by atoms with van der Waals surface area (Å²) in [4.78, 5) is 10.9. The van der Waals surface area contributed by atoms with Crippen LogP contribution in [0.4, 0.5) is 0 Å². The van der Waals surface area contributed by atoms with Gasteiger partial charge < -0.3 is 5.73 Å². The summed E-state index contributed by atoms with van der Waals surface area (Å²) in [5, 5.41) is 0. The number of rotatable bonds is 4. The maximum Gasteiger partial charge on any atom is 0.164 e. The van der Waals surface area contributed by atoms with Crippen LogP contribution >= 0.6 is 24.0 Å². The van der Waals surface area contributed by atoms with E-state index in [1.807, 2.05) is 13.8 Å². The van der Waals surface area contributed by atoms with Gasteiger partial charge in [0.25, 0.3) is 0 Å². The Bertz CT molecular complexity index is 119. The van der Waals surface area contributed by atoms with Crippen molar-refractivity contribution in [3.05, 3.63) is 0 Å². The summed E-state index contributed by atoms with van der Waals surface area (Å²) in [6, 6.07) is -0.373. The van der Waals surface area contributed by atoms with Crippen molar-refractivity contribution < 1.29 is 4.79 Å². The molecule has 11 heavy (non-hydrogen) atoms. The molecule has 0 fully saturated rings. The van der Waals surface area contributed by atoms with E-state index in [-0.39, 0.29) is 36.0 Å². The van der Waals surface area contributed by atoms with E-state index in [2.05, 4.69) is 0 Å². The lowest BCUT2D eigenvalue weighted by Gasteiger charge is -2.14. The van der Waals surface area contributed by atoms with Crippen LogP contribution in [0.2, 0.25) is 0 Å². The summed E-state index contributed by atoms with van der Waals surface area (Å²) in [6.45, 7) is 3.96. The normalized spacial score (nSPS) is 14.9. The number of carbonyl (C=O) groups is 1. The Kier molecular flexibility index (Phi) is 8.63. The molecule has 0 unspecified atom stereocenters. The lowest BCUT2D eigenvalue weighted by atomic mass is 9.97. The molecule has 4 heteroatoms. The number of halogens is 2. The van der Waals surface area contributed by atoms with Crippen LogP contribution < -0.4 is 5.73 Å². The number of nitrogens with two attached hydrogens (primary N) is 1. The highest BCUT2D eigenvalue weighted by Crippen LogP contribution is 2.06. The molecule has 0 aliphatic rings. The molecule has 0 aromatic heterocycles. The fraction of sp³-hybridized carbons (Fsp3) is 0.857. The molecular formula is C7H15Cl2NO.